The molecule has 1 unspecified atom stereocenters. The van der Waals surface area contributed by atoms with Crippen LogP contribution < -0.4 is 10.9 Å². The van der Waals surface area contributed by atoms with Crippen LogP contribution in [0.4, 0.5) is 5.82 Å². The third-order valence-corrected chi connectivity index (χ3v) is 6.01. The van der Waals surface area contributed by atoms with E-state index in [0.29, 0.717) is 17.7 Å². The highest BCUT2D eigenvalue weighted by Gasteiger charge is 2.26. The van der Waals surface area contributed by atoms with Gasteiger partial charge in [0, 0.05) is 37.4 Å². The van der Waals surface area contributed by atoms with E-state index >= 15 is 0 Å². The molecule has 0 radical (unpaired) electrons. The SMILES string of the molecule is O=C(Nc1nc2ccccc2n(CN2CCCCC2c2cccnc2)c1=O)c1cccnc1. The van der Waals surface area contributed by atoms with Crippen molar-refractivity contribution in [3.8, 4) is 0 Å². The van der Waals surface area contributed by atoms with Crippen molar-refractivity contribution in [2.24, 2.45) is 0 Å². The van der Waals surface area contributed by atoms with Crippen molar-refractivity contribution in [1.29, 1.82) is 0 Å². The van der Waals surface area contributed by atoms with Gasteiger partial charge >= 0.3 is 0 Å². The van der Waals surface area contributed by atoms with Gasteiger partial charge in [-0.05, 0) is 48.7 Å². The molecule has 1 aliphatic heterocycles. The van der Waals surface area contributed by atoms with Crippen LogP contribution in [0.1, 0.15) is 41.2 Å². The van der Waals surface area contributed by atoms with Gasteiger partial charge in [-0.25, -0.2) is 4.98 Å². The van der Waals surface area contributed by atoms with E-state index < -0.39 is 5.91 Å². The van der Waals surface area contributed by atoms with Gasteiger partial charge in [0.1, 0.15) is 0 Å². The number of nitrogens with one attached hydrogen (secondary N) is 1. The van der Waals surface area contributed by atoms with Gasteiger partial charge in [-0.15, -0.1) is 0 Å². The quantitative estimate of drug-likeness (QED) is 0.510. The molecule has 0 spiro atoms. The Hall–Kier alpha value is -3.91. The molecule has 5 rings (SSSR count). The number of rotatable bonds is 5. The summed E-state index contributed by atoms with van der Waals surface area (Å²) in [5.74, 6) is -0.404. The van der Waals surface area contributed by atoms with E-state index in [-0.39, 0.29) is 17.4 Å². The molecule has 1 aromatic carbocycles. The number of benzene rings is 1. The normalized spacial score (nSPS) is 16.5. The van der Waals surface area contributed by atoms with Crippen LogP contribution in [0.2, 0.25) is 0 Å². The third kappa shape index (κ3) is 4.38. The highest BCUT2D eigenvalue weighted by Crippen LogP contribution is 2.31. The summed E-state index contributed by atoms with van der Waals surface area (Å²) in [6, 6.07) is 15.0. The van der Waals surface area contributed by atoms with E-state index in [1.165, 1.54) is 6.20 Å². The first-order valence-electron chi connectivity index (χ1n) is 11.1. The van der Waals surface area contributed by atoms with Crippen LogP contribution in [0.25, 0.3) is 11.0 Å². The lowest BCUT2D eigenvalue weighted by molar-refractivity contribution is 0.102. The molecule has 1 amide bonds. The minimum atomic E-state index is -0.416. The molecule has 4 heterocycles. The fraction of sp³-hybridized carbons (Fsp3) is 0.240. The van der Waals surface area contributed by atoms with E-state index in [9.17, 15) is 9.59 Å². The monoisotopic (exact) mass is 440 g/mol. The van der Waals surface area contributed by atoms with Crippen molar-refractivity contribution < 1.29 is 4.79 Å². The van der Waals surface area contributed by atoms with E-state index in [4.69, 9.17) is 0 Å². The molecule has 166 valence electrons. The fourth-order valence-electron chi connectivity index (χ4n) is 4.38. The first kappa shape index (κ1) is 21.0. The van der Waals surface area contributed by atoms with Crippen molar-refractivity contribution in [1.82, 2.24) is 24.4 Å². The van der Waals surface area contributed by atoms with Crippen LogP contribution in [0.15, 0.2) is 78.1 Å². The number of hydrogen-bond donors (Lipinski definition) is 1. The molecule has 8 nitrogen and oxygen atoms in total. The highest BCUT2D eigenvalue weighted by atomic mass is 16.2. The maximum atomic E-state index is 13.5. The predicted octanol–water partition coefficient (Wildman–Crippen LogP) is 3.62. The van der Waals surface area contributed by atoms with Gasteiger partial charge in [0.05, 0.1) is 23.3 Å². The standard InChI is InChI=1S/C25H24N6O2/c32-24(19-8-6-13-27-16-19)29-23-25(33)31(22-11-2-1-9-20(22)28-23)17-30-14-4-3-10-21(30)18-7-5-12-26-15-18/h1-2,5-9,11-13,15-16,21H,3-4,10,14,17H2,(H,28,29,32). The Morgan fingerprint density at radius 2 is 1.82 bits per heavy atom. The summed E-state index contributed by atoms with van der Waals surface area (Å²) in [5, 5.41) is 2.69. The van der Waals surface area contributed by atoms with Crippen molar-refractivity contribution >= 4 is 22.8 Å². The Labute approximate surface area is 190 Å². The molecule has 33 heavy (non-hydrogen) atoms. The lowest BCUT2D eigenvalue weighted by atomic mass is 9.97. The summed E-state index contributed by atoms with van der Waals surface area (Å²) in [7, 11) is 0. The second-order valence-electron chi connectivity index (χ2n) is 8.13. The number of para-hydroxylation sites is 2. The van der Waals surface area contributed by atoms with Gasteiger partial charge in [0.2, 0.25) is 0 Å². The summed E-state index contributed by atoms with van der Waals surface area (Å²) in [6.07, 6.45) is 9.93. The number of likely N-dealkylation sites (tertiary alicyclic amines) is 1. The molecular formula is C25H24N6O2. The summed E-state index contributed by atoms with van der Waals surface area (Å²) in [5.41, 5.74) is 2.56. The van der Waals surface area contributed by atoms with Crippen molar-refractivity contribution in [3.05, 3.63) is 94.8 Å². The third-order valence-electron chi connectivity index (χ3n) is 6.01. The van der Waals surface area contributed by atoms with Crippen LogP contribution in [-0.2, 0) is 6.67 Å². The average Bonchev–Trinajstić information content (AvgIpc) is 2.88. The van der Waals surface area contributed by atoms with E-state index in [1.807, 2.05) is 36.5 Å². The summed E-state index contributed by atoms with van der Waals surface area (Å²) < 4.78 is 1.70. The van der Waals surface area contributed by atoms with Gasteiger partial charge in [-0.1, -0.05) is 24.6 Å². The number of pyridine rings is 2. The molecule has 1 fully saturated rings. The summed E-state index contributed by atoms with van der Waals surface area (Å²) in [6.45, 7) is 1.28. The van der Waals surface area contributed by atoms with E-state index in [1.54, 1.807) is 29.1 Å². The first-order valence-corrected chi connectivity index (χ1v) is 11.1. The lowest BCUT2D eigenvalue weighted by Gasteiger charge is -2.36. The second-order valence-corrected chi connectivity index (χ2v) is 8.13. The number of aromatic nitrogens is 4. The molecule has 8 heteroatoms. The number of carbonyl (C=O) groups excluding carboxylic acids is 1. The number of fused-ring (bicyclic) bond motifs is 1. The number of carbonyl (C=O) groups is 1. The largest absolute Gasteiger partial charge is 0.302 e. The van der Waals surface area contributed by atoms with Crippen LogP contribution in [-0.4, -0.2) is 36.9 Å². The molecular weight excluding hydrogens is 416 g/mol. The molecule has 0 saturated carbocycles. The fourth-order valence-corrected chi connectivity index (χ4v) is 4.38. The molecule has 1 saturated heterocycles. The van der Waals surface area contributed by atoms with Gasteiger partial charge in [0.15, 0.2) is 5.82 Å². The van der Waals surface area contributed by atoms with Crippen molar-refractivity contribution in [2.75, 3.05) is 11.9 Å². The van der Waals surface area contributed by atoms with Crippen LogP contribution in [0.3, 0.4) is 0 Å². The molecule has 3 aromatic heterocycles. The zero-order chi connectivity index (χ0) is 22.6. The Bertz CT molecular complexity index is 1320. The summed E-state index contributed by atoms with van der Waals surface area (Å²) >= 11 is 0. The van der Waals surface area contributed by atoms with Crippen molar-refractivity contribution in [3.63, 3.8) is 0 Å². The van der Waals surface area contributed by atoms with Crippen molar-refractivity contribution in [2.45, 2.75) is 32.0 Å². The minimum absolute atomic E-state index is 0.0116. The van der Waals surface area contributed by atoms with Gasteiger partial charge in [-0.3, -0.25) is 29.0 Å². The second kappa shape index (κ2) is 9.30. The molecule has 0 aliphatic carbocycles. The summed E-state index contributed by atoms with van der Waals surface area (Å²) in [4.78, 5) is 41.2. The number of piperidine rings is 1. The van der Waals surface area contributed by atoms with Gasteiger partial charge in [0.25, 0.3) is 11.5 Å². The Balaban J connectivity index is 1.52. The lowest BCUT2D eigenvalue weighted by Crippen LogP contribution is -2.39. The maximum absolute atomic E-state index is 13.5. The van der Waals surface area contributed by atoms with Crippen LogP contribution in [0.5, 0.6) is 0 Å². The Morgan fingerprint density at radius 3 is 2.61 bits per heavy atom. The van der Waals surface area contributed by atoms with Gasteiger partial charge in [-0.2, -0.15) is 0 Å². The van der Waals surface area contributed by atoms with E-state index in [2.05, 4.69) is 31.2 Å². The molecule has 0 bridgehead atoms. The van der Waals surface area contributed by atoms with Crippen LogP contribution in [0, 0.1) is 0 Å². The topological polar surface area (TPSA) is 93.0 Å². The highest BCUT2D eigenvalue weighted by molar-refractivity contribution is 6.03. The van der Waals surface area contributed by atoms with Crippen LogP contribution >= 0.6 is 0 Å². The number of anilines is 1. The Morgan fingerprint density at radius 1 is 1.00 bits per heavy atom. The number of amides is 1. The smallest absolute Gasteiger partial charge is 0.295 e. The van der Waals surface area contributed by atoms with E-state index in [0.717, 1.165) is 36.9 Å². The molecule has 1 N–H and O–H groups in total. The number of hydrogen-bond acceptors (Lipinski definition) is 6. The Kier molecular flexibility index (Phi) is 5.91. The molecule has 4 aromatic rings. The predicted molar refractivity (Wildman–Crippen MR) is 126 cm³/mol. The minimum Gasteiger partial charge on any atom is -0.302 e. The maximum Gasteiger partial charge on any atom is 0.295 e. The molecule has 1 aliphatic rings. The average molecular weight is 441 g/mol. The van der Waals surface area contributed by atoms with Gasteiger partial charge < -0.3 is 5.32 Å². The first-order chi connectivity index (χ1) is 16.2. The zero-order valence-electron chi connectivity index (χ0n) is 18.1. The zero-order valence-corrected chi connectivity index (χ0v) is 18.1. The molecule has 1 atom stereocenters. The number of nitrogens with zero attached hydrogens (tertiary/aromatic N) is 5.